The van der Waals surface area contributed by atoms with Crippen molar-refractivity contribution in [2.75, 3.05) is 0 Å². The Balaban J connectivity index is 1.94. The Morgan fingerprint density at radius 2 is 1.55 bits per heavy atom. The Morgan fingerprint density at radius 1 is 1.00 bits per heavy atom. The summed E-state index contributed by atoms with van der Waals surface area (Å²) in [6.45, 7) is 1.72. The molecule has 104 valence electrons. The van der Waals surface area contributed by atoms with E-state index < -0.39 is 5.97 Å². The molecule has 2 aromatic carbocycles. The van der Waals surface area contributed by atoms with Crippen molar-refractivity contribution in [2.45, 2.75) is 19.4 Å². The van der Waals surface area contributed by atoms with Gasteiger partial charge in [0.1, 0.15) is 23.4 Å². The summed E-state index contributed by atoms with van der Waals surface area (Å²) in [5, 5.41) is 8.67. The molecule has 0 radical (unpaired) electrons. The van der Waals surface area contributed by atoms with Crippen molar-refractivity contribution in [1.29, 1.82) is 0 Å². The molecule has 4 heteroatoms. The van der Waals surface area contributed by atoms with Gasteiger partial charge >= 0.3 is 5.97 Å². The van der Waals surface area contributed by atoms with Crippen LogP contribution in [0.15, 0.2) is 54.6 Å². The van der Waals surface area contributed by atoms with Gasteiger partial charge in [0.05, 0.1) is 6.42 Å². The van der Waals surface area contributed by atoms with Crippen LogP contribution in [0.5, 0.6) is 17.2 Å². The van der Waals surface area contributed by atoms with Gasteiger partial charge in [0.15, 0.2) is 0 Å². The van der Waals surface area contributed by atoms with E-state index in [1.165, 1.54) is 0 Å². The third-order valence-electron chi connectivity index (χ3n) is 2.60. The monoisotopic (exact) mass is 272 g/mol. The molecule has 0 spiro atoms. The van der Waals surface area contributed by atoms with Crippen LogP contribution in [0.3, 0.4) is 0 Å². The average Bonchev–Trinajstić information content (AvgIpc) is 2.41. The Hall–Kier alpha value is -2.49. The van der Waals surface area contributed by atoms with E-state index in [4.69, 9.17) is 14.6 Å². The maximum Gasteiger partial charge on any atom is 0.307 e. The second-order valence-corrected chi connectivity index (χ2v) is 4.41. The Morgan fingerprint density at radius 3 is 2.15 bits per heavy atom. The van der Waals surface area contributed by atoms with Crippen molar-refractivity contribution >= 4 is 5.97 Å². The van der Waals surface area contributed by atoms with Crippen LogP contribution in [0.2, 0.25) is 0 Å². The fourth-order valence-electron chi connectivity index (χ4n) is 1.73. The first-order valence-electron chi connectivity index (χ1n) is 6.35. The zero-order valence-corrected chi connectivity index (χ0v) is 11.2. The molecule has 0 aliphatic rings. The smallest absolute Gasteiger partial charge is 0.307 e. The lowest BCUT2D eigenvalue weighted by molar-refractivity contribution is -0.138. The van der Waals surface area contributed by atoms with E-state index in [9.17, 15) is 4.79 Å². The van der Waals surface area contributed by atoms with Crippen LogP contribution in [-0.4, -0.2) is 17.2 Å². The number of aliphatic carboxylic acids is 1. The van der Waals surface area contributed by atoms with Crippen molar-refractivity contribution in [2.24, 2.45) is 0 Å². The molecule has 0 fully saturated rings. The first-order chi connectivity index (χ1) is 9.63. The molecule has 2 aromatic rings. The first-order valence-corrected chi connectivity index (χ1v) is 6.35. The van der Waals surface area contributed by atoms with E-state index in [2.05, 4.69) is 0 Å². The van der Waals surface area contributed by atoms with Crippen LogP contribution in [0.25, 0.3) is 0 Å². The van der Waals surface area contributed by atoms with Gasteiger partial charge in [0.2, 0.25) is 0 Å². The SMILES string of the molecule is C[C@H](CC(=O)O)Oc1ccc(Oc2ccccc2)cc1. The number of hydrogen-bond donors (Lipinski definition) is 1. The summed E-state index contributed by atoms with van der Waals surface area (Å²) < 4.78 is 11.1. The molecule has 0 aliphatic carbocycles. The molecule has 1 atom stereocenters. The molecule has 0 saturated carbocycles. The maximum atomic E-state index is 10.6. The van der Waals surface area contributed by atoms with Gasteiger partial charge in [-0.2, -0.15) is 0 Å². The molecule has 0 aromatic heterocycles. The summed E-state index contributed by atoms with van der Waals surface area (Å²) in [4.78, 5) is 10.6. The van der Waals surface area contributed by atoms with Crippen LogP contribution in [-0.2, 0) is 4.79 Å². The molecule has 4 nitrogen and oxygen atoms in total. The van der Waals surface area contributed by atoms with Gasteiger partial charge in [-0.3, -0.25) is 4.79 Å². The third kappa shape index (κ3) is 4.31. The van der Waals surface area contributed by atoms with Crippen LogP contribution in [0.4, 0.5) is 0 Å². The second kappa shape index (κ2) is 6.61. The van der Waals surface area contributed by atoms with Crippen LogP contribution in [0.1, 0.15) is 13.3 Å². The van der Waals surface area contributed by atoms with Gasteiger partial charge in [-0.25, -0.2) is 0 Å². The van der Waals surface area contributed by atoms with Crippen molar-refractivity contribution < 1.29 is 19.4 Å². The quantitative estimate of drug-likeness (QED) is 0.870. The Kier molecular flexibility index (Phi) is 4.60. The average molecular weight is 272 g/mol. The van der Waals surface area contributed by atoms with Crippen LogP contribution >= 0.6 is 0 Å². The van der Waals surface area contributed by atoms with Crippen LogP contribution in [0, 0.1) is 0 Å². The van der Waals surface area contributed by atoms with Gasteiger partial charge in [-0.05, 0) is 43.3 Å². The highest BCUT2D eigenvalue weighted by Crippen LogP contribution is 2.24. The summed E-state index contributed by atoms with van der Waals surface area (Å²) in [5.74, 6) is 1.22. The number of ether oxygens (including phenoxy) is 2. The lowest BCUT2D eigenvalue weighted by Gasteiger charge is -2.13. The topological polar surface area (TPSA) is 55.8 Å². The summed E-state index contributed by atoms with van der Waals surface area (Å²) in [6.07, 6.45) is -0.393. The summed E-state index contributed by atoms with van der Waals surface area (Å²) >= 11 is 0. The fourth-order valence-corrected chi connectivity index (χ4v) is 1.73. The second-order valence-electron chi connectivity index (χ2n) is 4.41. The van der Waals surface area contributed by atoms with Crippen molar-refractivity contribution in [3.63, 3.8) is 0 Å². The molecule has 1 N–H and O–H groups in total. The number of para-hydroxylation sites is 1. The molecule has 0 amide bonds. The van der Waals surface area contributed by atoms with Gasteiger partial charge in [-0.1, -0.05) is 18.2 Å². The van der Waals surface area contributed by atoms with Gasteiger partial charge < -0.3 is 14.6 Å². The minimum absolute atomic E-state index is 0.0255. The highest BCUT2D eigenvalue weighted by molar-refractivity contribution is 5.67. The molecule has 20 heavy (non-hydrogen) atoms. The predicted octanol–water partition coefficient (Wildman–Crippen LogP) is 3.72. The van der Waals surface area contributed by atoms with Gasteiger partial charge in [0.25, 0.3) is 0 Å². The summed E-state index contributed by atoms with van der Waals surface area (Å²) in [5.41, 5.74) is 0. The molecule has 0 bridgehead atoms. The lowest BCUT2D eigenvalue weighted by atomic mass is 10.2. The fraction of sp³-hybridized carbons (Fsp3) is 0.188. The third-order valence-corrected chi connectivity index (χ3v) is 2.60. The number of carboxylic acid groups (broad SMARTS) is 1. The van der Waals surface area contributed by atoms with E-state index in [1.54, 1.807) is 31.2 Å². The number of rotatable bonds is 6. The van der Waals surface area contributed by atoms with E-state index in [-0.39, 0.29) is 12.5 Å². The Bertz CT molecular complexity index is 548. The van der Waals surface area contributed by atoms with Gasteiger partial charge in [0, 0.05) is 0 Å². The number of carbonyl (C=O) groups is 1. The normalized spacial score (nSPS) is 11.7. The summed E-state index contributed by atoms with van der Waals surface area (Å²) in [7, 11) is 0. The molecule has 2 rings (SSSR count). The number of carboxylic acids is 1. The van der Waals surface area contributed by atoms with E-state index in [1.807, 2.05) is 30.3 Å². The van der Waals surface area contributed by atoms with E-state index in [0.717, 1.165) is 5.75 Å². The number of benzene rings is 2. The summed E-state index contributed by atoms with van der Waals surface area (Å²) in [6, 6.07) is 16.6. The minimum Gasteiger partial charge on any atom is -0.490 e. The minimum atomic E-state index is -0.874. The van der Waals surface area contributed by atoms with Crippen LogP contribution < -0.4 is 9.47 Å². The Labute approximate surface area is 117 Å². The lowest BCUT2D eigenvalue weighted by Crippen LogP contribution is -2.16. The predicted molar refractivity (Wildman–Crippen MR) is 75.3 cm³/mol. The maximum absolute atomic E-state index is 10.6. The highest BCUT2D eigenvalue weighted by Gasteiger charge is 2.09. The van der Waals surface area contributed by atoms with Crippen molar-refractivity contribution in [1.82, 2.24) is 0 Å². The first kappa shape index (κ1) is 13.9. The molecule has 0 unspecified atom stereocenters. The van der Waals surface area contributed by atoms with Crippen molar-refractivity contribution in [3.8, 4) is 17.2 Å². The van der Waals surface area contributed by atoms with Gasteiger partial charge in [-0.15, -0.1) is 0 Å². The molecule has 0 saturated heterocycles. The molecular formula is C16H16O4. The standard InChI is InChI=1S/C16H16O4/c1-12(11-16(17)18)19-14-7-9-15(10-8-14)20-13-5-3-2-4-6-13/h2-10,12H,11H2,1H3,(H,17,18)/t12-/m1/s1. The van der Waals surface area contributed by atoms with Crippen molar-refractivity contribution in [3.05, 3.63) is 54.6 Å². The van der Waals surface area contributed by atoms with E-state index >= 15 is 0 Å². The zero-order valence-electron chi connectivity index (χ0n) is 11.2. The highest BCUT2D eigenvalue weighted by atomic mass is 16.5. The largest absolute Gasteiger partial charge is 0.490 e. The zero-order chi connectivity index (χ0) is 14.4. The molecule has 0 aliphatic heterocycles. The molecular weight excluding hydrogens is 256 g/mol. The van der Waals surface area contributed by atoms with E-state index in [0.29, 0.717) is 11.5 Å². The molecule has 0 heterocycles. The number of hydrogen-bond acceptors (Lipinski definition) is 3.